The van der Waals surface area contributed by atoms with Gasteiger partial charge in [0.05, 0.1) is 0 Å². The van der Waals surface area contributed by atoms with Gasteiger partial charge >= 0.3 is 0 Å². The van der Waals surface area contributed by atoms with Crippen molar-refractivity contribution in [3.63, 3.8) is 0 Å². The van der Waals surface area contributed by atoms with Crippen LogP contribution in [0.3, 0.4) is 0 Å². The molecule has 1 aromatic carbocycles. The van der Waals surface area contributed by atoms with Crippen LogP contribution in [0.15, 0.2) is 43.5 Å². The molecule has 4 aliphatic rings. The number of aryl methyl sites for hydroxylation is 1. The van der Waals surface area contributed by atoms with Crippen LogP contribution in [0.4, 0.5) is 0 Å². The van der Waals surface area contributed by atoms with Crippen LogP contribution in [-0.2, 0) is 6.42 Å². The van der Waals surface area contributed by atoms with Gasteiger partial charge in [-0.1, -0.05) is 125 Å². The van der Waals surface area contributed by atoms with Crippen molar-refractivity contribution >= 4 is 0 Å². The predicted octanol–water partition coefficient (Wildman–Crippen LogP) is 12.5. The molecule has 1 nitrogen and oxygen atoms in total. The van der Waals surface area contributed by atoms with E-state index >= 15 is 0 Å². The second-order valence-electron chi connectivity index (χ2n) is 13.1. The zero-order valence-electron chi connectivity index (χ0n) is 29.7. The topological polar surface area (TPSA) is 26.0 Å². The third kappa shape index (κ3) is 9.98. The van der Waals surface area contributed by atoms with E-state index in [0.29, 0.717) is 10.8 Å². The highest BCUT2D eigenvalue weighted by atomic mass is 14.6. The zero-order chi connectivity index (χ0) is 31.5. The van der Waals surface area contributed by atoms with Crippen LogP contribution in [0.25, 0.3) is 0 Å². The number of nitrogens with two attached hydrogens (primary N) is 1. The first kappa shape index (κ1) is 39.9. The molecule has 0 heterocycles. The molecule has 4 aliphatic carbocycles. The lowest BCUT2D eigenvalue weighted by Gasteiger charge is -2.61. The first-order valence-corrected chi connectivity index (χ1v) is 18.1. The monoisotopic (exact) mass is 570 g/mol. The summed E-state index contributed by atoms with van der Waals surface area (Å²) in [5, 5.41) is 0. The van der Waals surface area contributed by atoms with Gasteiger partial charge in [0.15, 0.2) is 0 Å². The fourth-order valence-electron chi connectivity index (χ4n) is 9.71. The van der Waals surface area contributed by atoms with Crippen LogP contribution in [0.2, 0.25) is 0 Å². The zero-order valence-corrected chi connectivity index (χ0v) is 29.7. The van der Waals surface area contributed by atoms with E-state index < -0.39 is 0 Å². The molecule has 0 spiro atoms. The van der Waals surface area contributed by atoms with Crippen LogP contribution in [0.1, 0.15) is 151 Å². The Kier molecular flexibility index (Phi) is 21.0. The molecule has 240 valence electrons. The minimum atomic E-state index is 0.687. The highest BCUT2D eigenvalue weighted by molar-refractivity contribution is 5.14. The Balaban J connectivity index is 0.000000838. The lowest BCUT2D eigenvalue weighted by atomic mass is 9.44. The highest BCUT2D eigenvalue weighted by Gasteiger charge is 2.59. The molecule has 41 heavy (non-hydrogen) atoms. The van der Waals surface area contributed by atoms with Crippen molar-refractivity contribution in [2.45, 2.75) is 152 Å². The number of unbranched alkanes of at least 4 members (excludes halogenated alkanes) is 1. The molecule has 4 saturated carbocycles. The number of benzene rings is 1. The molecule has 0 aromatic heterocycles. The van der Waals surface area contributed by atoms with E-state index in [-0.39, 0.29) is 0 Å². The van der Waals surface area contributed by atoms with Gasteiger partial charge in [0.1, 0.15) is 0 Å². The molecule has 1 heteroatoms. The molecule has 0 amide bonds. The van der Waals surface area contributed by atoms with E-state index in [1.807, 2.05) is 33.8 Å². The third-order valence-corrected chi connectivity index (χ3v) is 11.6. The van der Waals surface area contributed by atoms with E-state index in [1.165, 1.54) is 44.7 Å². The van der Waals surface area contributed by atoms with Gasteiger partial charge in [0, 0.05) is 0 Å². The van der Waals surface area contributed by atoms with Crippen molar-refractivity contribution in [1.82, 2.24) is 0 Å². The average Bonchev–Trinajstić information content (AvgIpc) is 3.41. The van der Waals surface area contributed by atoms with E-state index in [0.717, 1.165) is 41.9 Å². The third-order valence-electron chi connectivity index (χ3n) is 11.6. The largest absolute Gasteiger partial charge is 0.333 e. The van der Waals surface area contributed by atoms with Crippen molar-refractivity contribution in [3.05, 3.63) is 49.1 Å². The molecule has 0 aliphatic heterocycles. The lowest BCUT2D eigenvalue weighted by Crippen LogP contribution is -2.53. The Morgan fingerprint density at radius 1 is 0.780 bits per heavy atom. The normalized spacial score (nSPS) is 33.2. The van der Waals surface area contributed by atoms with E-state index in [2.05, 4.69) is 77.8 Å². The second-order valence-corrected chi connectivity index (χ2v) is 13.1. The van der Waals surface area contributed by atoms with Crippen LogP contribution in [0.5, 0.6) is 0 Å². The molecule has 0 saturated heterocycles. The fraction of sp³-hybridized carbons (Fsp3) is 0.800. The maximum absolute atomic E-state index is 4.50. The average molecular weight is 570 g/mol. The van der Waals surface area contributed by atoms with Crippen molar-refractivity contribution in [2.75, 3.05) is 7.05 Å². The standard InChI is InChI=1S/C25H44.C8H10.2C2H6.C2H4.CH5N/c1-5-6-9-18(2)21-13-14-22-20-12-11-19-10-7-8-16-24(19,3)23(20)15-17-25(21,22)4;1-2-8-6-4-3-5-7-8;4*1-2/h18-23H,5-17H2,1-4H3;3-7H,2H2,1H3;2*1-2H3;1-2H2;2H2,1H3. The number of hydrogen-bond donors (Lipinski definition) is 1. The summed E-state index contributed by atoms with van der Waals surface area (Å²) in [6.07, 6.45) is 21.0. The van der Waals surface area contributed by atoms with Crippen molar-refractivity contribution in [2.24, 2.45) is 52.1 Å². The summed E-state index contributed by atoms with van der Waals surface area (Å²) in [7, 11) is 1.50. The van der Waals surface area contributed by atoms with E-state index in [1.54, 1.807) is 51.4 Å². The van der Waals surface area contributed by atoms with Crippen molar-refractivity contribution < 1.29 is 0 Å². The van der Waals surface area contributed by atoms with Gasteiger partial charge in [-0.05, 0) is 117 Å². The molecule has 8 unspecified atom stereocenters. The van der Waals surface area contributed by atoms with Gasteiger partial charge < -0.3 is 5.73 Å². The Bertz CT molecular complexity index is 742. The van der Waals surface area contributed by atoms with Gasteiger partial charge in [-0.3, -0.25) is 0 Å². The SMILES string of the molecule is C=C.CC.CC.CCCCC(C)C1CCC2C3CCC4CCCCC4(C)C3CCC12C.CCc1ccccc1.CN. The Morgan fingerprint density at radius 3 is 1.95 bits per heavy atom. The molecular formula is C40H75N. The van der Waals surface area contributed by atoms with Crippen LogP contribution < -0.4 is 5.73 Å². The molecule has 5 rings (SSSR count). The van der Waals surface area contributed by atoms with E-state index in [4.69, 9.17) is 0 Å². The molecule has 0 bridgehead atoms. The van der Waals surface area contributed by atoms with Gasteiger partial charge in [-0.15, -0.1) is 13.2 Å². The predicted molar refractivity (Wildman–Crippen MR) is 188 cm³/mol. The quantitative estimate of drug-likeness (QED) is 0.351. The minimum absolute atomic E-state index is 0.687. The van der Waals surface area contributed by atoms with Crippen molar-refractivity contribution in [1.29, 1.82) is 0 Å². The molecule has 0 radical (unpaired) electrons. The second kappa shape index (κ2) is 21.6. The first-order chi connectivity index (χ1) is 19.9. The van der Waals surface area contributed by atoms with Crippen molar-refractivity contribution in [3.8, 4) is 0 Å². The summed E-state index contributed by atoms with van der Waals surface area (Å²) in [5.74, 6) is 6.30. The fourth-order valence-corrected chi connectivity index (χ4v) is 9.71. The maximum Gasteiger partial charge on any atom is -0.0195 e. The van der Waals surface area contributed by atoms with Crippen LogP contribution >= 0.6 is 0 Å². The summed E-state index contributed by atoms with van der Waals surface area (Å²) >= 11 is 0. The first-order valence-electron chi connectivity index (χ1n) is 18.1. The Labute approximate surface area is 259 Å². The van der Waals surface area contributed by atoms with Gasteiger partial charge in [-0.2, -0.15) is 0 Å². The summed E-state index contributed by atoms with van der Waals surface area (Å²) in [6.45, 7) is 26.6. The minimum Gasteiger partial charge on any atom is -0.333 e. The molecule has 2 N–H and O–H groups in total. The lowest BCUT2D eigenvalue weighted by molar-refractivity contribution is -0.114. The number of hydrogen-bond acceptors (Lipinski definition) is 1. The van der Waals surface area contributed by atoms with Gasteiger partial charge in [0.2, 0.25) is 0 Å². The highest BCUT2D eigenvalue weighted by Crippen LogP contribution is 2.68. The van der Waals surface area contributed by atoms with Crippen LogP contribution in [0, 0.1) is 46.3 Å². The number of rotatable bonds is 5. The Hall–Kier alpha value is -1.08. The summed E-state index contributed by atoms with van der Waals surface area (Å²) in [4.78, 5) is 0. The molecule has 8 atom stereocenters. The molecule has 4 fully saturated rings. The Morgan fingerprint density at radius 2 is 1.39 bits per heavy atom. The number of fused-ring (bicyclic) bond motifs is 5. The van der Waals surface area contributed by atoms with Gasteiger partial charge in [0.25, 0.3) is 0 Å². The summed E-state index contributed by atoms with van der Waals surface area (Å²) < 4.78 is 0. The smallest absolute Gasteiger partial charge is 0.0195 e. The summed E-state index contributed by atoms with van der Waals surface area (Å²) in [5.41, 5.74) is 7.31. The molecular weight excluding hydrogens is 494 g/mol. The molecule has 1 aromatic rings. The van der Waals surface area contributed by atoms with Crippen LogP contribution in [-0.4, -0.2) is 7.05 Å². The van der Waals surface area contributed by atoms with Gasteiger partial charge in [-0.25, -0.2) is 0 Å². The van der Waals surface area contributed by atoms with E-state index in [9.17, 15) is 0 Å². The summed E-state index contributed by atoms with van der Waals surface area (Å²) in [6, 6.07) is 10.5. The maximum atomic E-state index is 4.50.